The molecule has 1 aliphatic rings. The number of carbonyl (C=O) groups excluding carboxylic acids is 1. The lowest BCUT2D eigenvalue weighted by atomic mass is 9.96. The quantitative estimate of drug-likeness (QED) is 0.727. The number of benzene rings is 1. The van der Waals surface area contributed by atoms with Gasteiger partial charge >= 0.3 is 0 Å². The van der Waals surface area contributed by atoms with E-state index in [1.54, 1.807) is 14.2 Å². The Bertz CT molecular complexity index is 491. The summed E-state index contributed by atoms with van der Waals surface area (Å²) in [6.45, 7) is 2.11. The summed E-state index contributed by atoms with van der Waals surface area (Å²) in [4.78, 5) is 11.7. The van der Waals surface area contributed by atoms with E-state index in [2.05, 4.69) is 5.32 Å². The second kappa shape index (κ2) is 8.60. The van der Waals surface area contributed by atoms with Crippen molar-refractivity contribution < 1.29 is 23.7 Å². The van der Waals surface area contributed by atoms with E-state index < -0.39 is 0 Å². The molecule has 1 aromatic carbocycles. The van der Waals surface area contributed by atoms with Crippen LogP contribution in [0.3, 0.4) is 0 Å². The van der Waals surface area contributed by atoms with Crippen LogP contribution in [0.4, 0.5) is 0 Å². The Labute approximate surface area is 130 Å². The molecule has 1 atom stereocenters. The van der Waals surface area contributed by atoms with Crippen molar-refractivity contribution in [3.8, 4) is 11.5 Å². The first kappa shape index (κ1) is 16.6. The third-order valence-corrected chi connectivity index (χ3v) is 3.51. The predicted molar refractivity (Wildman–Crippen MR) is 81.4 cm³/mol. The highest BCUT2D eigenvalue weighted by Gasteiger charge is 2.22. The minimum Gasteiger partial charge on any atom is -0.493 e. The normalized spacial score (nSPS) is 16.5. The maximum absolute atomic E-state index is 11.7. The zero-order chi connectivity index (χ0) is 15.8. The molecule has 2 rings (SSSR count). The fourth-order valence-corrected chi connectivity index (χ4v) is 2.37. The summed E-state index contributed by atoms with van der Waals surface area (Å²) in [6, 6.07) is 5.86. The molecule has 0 fully saturated rings. The van der Waals surface area contributed by atoms with Crippen molar-refractivity contribution in [2.24, 2.45) is 5.92 Å². The SMILES string of the molecule is COCCOCC(=O)NCC1COc2c(cccc2OC)C1. The smallest absolute Gasteiger partial charge is 0.246 e. The number of hydrogen-bond donors (Lipinski definition) is 1. The molecule has 6 nitrogen and oxygen atoms in total. The van der Waals surface area contributed by atoms with Crippen LogP contribution in [0.1, 0.15) is 5.56 Å². The monoisotopic (exact) mass is 309 g/mol. The lowest BCUT2D eigenvalue weighted by Crippen LogP contribution is -2.36. The Morgan fingerprint density at radius 3 is 3.00 bits per heavy atom. The fourth-order valence-electron chi connectivity index (χ4n) is 2.37. The van der Waals surface area contributed by atoms with Crippen molar-refractivity contribution in [2.75, 3.05) is 47.2 Å². The van der Waals surface area contributed by atoms with E-state index in [0.29, 0.717) is 26.4 Å². The molecule has 1 aliphatic heterocycles. The van der Waals surface area contributed by atoms with Gasteiger partial charge < -0.3 is 24.3 Å². The van der Waals surface area contributed by atoms with Gasteiger partial charge in [0, 0.05) is 19.6 Å². The lowest BCUT2D eigenvalue weighted by molar-refractivity contribution is -0.126. The van der Waals surface area contributed by atoms with E-state index in [4.69, 9.17) is 18.9 Å². The molecule has 0 aliphatic carbocycles. The van der Waals surface area contributed by atoms with Crippen LogP contribution in [-0.2, 0) is 20.7 Å². The molecule has 22 heavy (non-hydrogen) atoms. The number of carbonyl (C=O) groups is 1. The topological polar surface area (TPSA) is 66.0 Å². The van der Waals surface area contributed by atoms with Gasteiger partial charge in [-0.1, -0.05) is 12.1 Å². The zero-order valence-electron chi connectivity index (χ0n) is 13.1. The third kappa shape index (κ3) is 4.61. The number of rotatable bonds is 8. The summed E-state index contributed by atoms with van der Waals surface area (Å²) in [5.41, 5.74) is 1.11. The maximum atomic E-state index is 11.7. The van der Waals surface area contributed by atoms with Crippen molar-refractivity contribution in [3.63, 3.8) is 0 Å². The summed E-state index contributed by atoms with van der Waals surface area (Å²) >= 11 is 0. The Balaban J connectivity index is 1.75. The second-order valence-electron chi connectivity index (χ2n) is 5.18. The molecule has 0 saturated heterocycles. The van der Waals surface area contributed by atoms with Crippen molar-refractivity contribution in [2.45, 2.75) is 6.42 Å². The van der Waals surface area contributed by atoms with Crippen LogP contribution in [0.2, 0.25) is 0 Å². The molecule has 122 valence electrons. The van der Waals surface area contributed by atoms with Gasteiger partial charge in [0.25, 0.3) is 0 Å². The largest absolute Gasteiger partial charge is 0.493 e. The molecule has 1 heterocycles. The highest BCUT2D eigenvalue weighted by atomic mass is 16.5. The van der Waals surface area contributed by atoms with Gasteiger partial charge in [-0.3, -0.25) is 4.79 Å². The highest BCUT2D eigenvalue weighted by Crippen LogP contribution is 2.35. The van der Waals surface area contributed by atoms with Gasteiger partial charge in [0.2, 0.25) is 5.91 Å². The van der Waals surface area contributed by atoms with Crippen molar-refractivity contribution in [3.05, 3.63) is 23.8 Å². The average molecular weight is 309 g/mol. The number of fused-ring (bicyclic) bond motifs is 1. The minimum absolute atomic E-state index is 0.0569. The molecule has 1 unspecified atom stereocenters. The molecule has 1 amide bonds. The van der Waals surface area contributed by atoms with Gasteiger partial charge in [0.1, 0.15) is 6.61 Å². The summed E-state index contributed by atoms with van der Waals surface area (Å²) < 4.78 is 21.1. The van der Waals surface area contributed by atoms with Crippen molar-refractivity contribution >= 4 is 5.91 Å². The van der Waals surface area contributed by atoms with E-state index in [1.807, 2.05) is 18.2 Å². The first-order valence-electron chi connectivity index (χ1n) is 7.36. The minimum atomic E-state index is -0.118. The molecule has 0 radical (unpaired) electrons. The molecule has 0 spiro atoms. The third-order valence-electron chi connectivity index (χ3n) is 3.51. The Morgan fingerprint density at radius 1 is 1.36 bits per heavy atom. The standard InChI is InChI=1S/C16H23NO5/c1-19-6-7-21-11-15(18)17-9-12-8-13-4-3-5-14(20-2)16(13)22-10-12/h3-5,12H,6-11H2,1-2H3,(H,17,18). The van der Waals surface area contributed by atoms with Crippen molar-refractivity contribution in [1.82, 2.24) is 5.32 Å². The Morgan fingerprint density at radius 2 is 2.23 bits per heavy atom. The molecule has 1 N–H and O–H groups in total. The van der Waals surface area contributed by atoms with E-state index in [1.165, 1.54) is 0 Å². The van der Waals surface area contributed by atoms with E-state index >= 15 is 0 Å². The van der Waals surface area contributed by atoms with Gasteiger partial charge in [0.05, 0.1) is 26.9 Å². The van der Waals surface area contributed by atoms with Gasteiger partial charge in [-0.15, -0.1) is 0 Å². The molecular formula is C16H23NO5. The predicted octanol–water partition coefficient (Wildman–Crippen LogP) is 1.03. The average Bonchev–Trinajstić information content (AvgIpc) is 2.56. The maximum Gasteiger partial charge on any atom is 0.246 e. The van der Waals surface area contributed by atoms with Crippen LogP contribution in [0.5, 0.6) is 11.5 Å². The van der Waals surface area contributed by atoms with Gasteiger partial charge in [0.15, 0.2) is 11.5 Å². The summed E-state index contributed by atoms with van der Waals surface area (Å²) in [5, 5.41) is 2.87. The van der Waals surface area contributed by atoms with Crippen LogP contribution in [0.15, 0.2) is 18.2 Å². The first-order chi connectivity index (χ1) is 10.7. The Hall–Kier alpha value is -1.79. The molecule has 1 aromatic rings. The summed E-state index contributed by atoms with van der Waals surface area (Å²) in [5.74, 6) is 1.71. The number of hydrogen-bond acceptors (Lipinski definition) is 5. The highest BCUT2D eigenvalue weighted by molar-refractivity contribution is 5.77. The van der Waals surface area contributed by atoms with Crippen LogP contribution >= 0.6 is 0 Å². The van der Waals surface area contributed by atoms with Gasteiger partial charge in [-0.05, 0) is 18.1 Å². The number of methoxy groups -OCH3 is 2. The van der Waals surface area contributed by atoms with Crippen LogP contribution in [0.25, 0.3) is 0 Å². The van der Waals surface area contributed by atoms with Crippen LogP contribution in [0, 0.1) is 5.92 Å². The lowest BCUT2D eigenvalue weighted by Gasteiger charge is -2.26. The number of ether oxygens (including phenoxy) is 4. The van der Waals surface area contributed by atoms with E-state index in [-0.39, 0.29) is 18.4 Å². The zero-order valence-corrected chi connectivity index (χ0v) is 13.1. The molecule has 6 heteroatoms. The molecular weight excluding hydrogens is 286 g/mol. The van der Waals surface area contributed by atoms with Gasteiger partial charge in [-0.2, -0.15) is 0 Å². The van der Waals surface area contributed by atoms with E-state index in [9.17, 15) is 4.79 Å². The van der Waals surface area contributed by atoms with E-state index in [0.717, 1.165) is 23.5 Å². The molecule has 0 bridgehead atoms. The van der Waals surface area contributed by atoms with Crippen LogP contribution in [-0.4, -0.2) is 53.1 Å². The molecule has 0 aromatic heterocycles. The summed E-state index contributed by atoms with van der Waals surface area (Å²) in [7, 11) is 3.23. The fraction of sp³-hybridized carbons (Fsp3) is 0.562. The Kier molecular flexibility index (Phi) is 6.48. The second-order valence-corrected chi connectivity index (χ2v) is 5.18. The van der Waals surface area contributed by atoms with Crippen molar-refractivity contribution in [1.29, 1.82) is 0 Å². The number of nitrogens with one attached hydrogen (secondary N) is 1. The molecule has 0 saturated carbocycles. The summed E-state index contributed by atoms with van der Waals surface area (Å²) in [6.07, 6.45) is 0.858. The number of amides is 1. The number of para-hydroxylation sites is 1. The van der Waals surface area contributed by atoms with Crippen LogP contribution < -0.4 is 14.8 Å². The van der Waals surface area contributed by atoms with Gasteiger partial charge in [-0.25, -0.2) is 0 Å². The first-order valence-corrected chi connectivity index (χ1v) is 7.36.